The number of likely N-dealkylation sites (tertiary alicyclic amines) is 1. The van der Waals surface area contributed by atoms with Gasteiger partial charge in [0.2, 0.25) is 5.91 Å². The fourth-order valence-corrected chi connectivity index (χ4v) is 3.73. The van der Waals surface area contributed by atoms with Crippen LogP contribution >= 0.6 is 11.3 Å². The molecule has 2 aromatic rings. The quantitative estimate of drug-likeness (QED) is 0.904. The smallest absolute Gasteiger partial charge is 0.224 e. The van der Waals surface area contributed by atoms with Crippen molar-refractivity contribution in [3.8, 4) is 0 Å². The molecule has 2 heterocycles. The van der Waals surface area contributed by atoms with E-state index in [2.05, 4.69) is 15.2 Å². The summed E-state index contributed by atoms with van der Waals surface area (Å²) >= 11 is 1.59. The lowest BCUT2D eigenvalue weighted by Crippen LogP contribution is -2.42. The van der Waals surface area contributed by atoms with Crippen molar-refractivity contribution in [3.63, 3.8) is 0 Å². The molecule has 0 unspecified atom stereocenters. The molecule has 24 heavy (non-hydrogen) atoms. The summed E-state index contributed by atoms with van der Waals surface area (Å²) in [5.74, 6) is -0.131. The molecule has 0 spiro atoms. The van der Waals surface area contributed by atoms with Gasteiger partial charge in [0.15, 0.2) is 0 Å². The van der Waals surface area contributed by atoms with Crippen LogP contribution in [0.2, 0.25) is 0 Å². The number of nitrogens with one attached hydrogen (secondary N) is 1. The van der Waals surface area contributed by atoms with E-state index in [1.807, 2.05) is 18.4 Å². The van der Waals surface area contributed by atoms with Crippen LogP contribution in [0.1, 0.15) is 29.1 Å². The van der Waals surface area contributed by atoms with E-state index < -0.39 is 0 Å². The molecule has 1 amide bonds. The highest BCUT2D eigenvalue weighted by atomic mass is 32.1. The summed E-state index contributed by atoms with van der Waals surface area (Å²) < 4.78 is 13.3. The van der Waals surface area contributed by atoms with E-state index in [-0.39, 0.29) is 17.6 Å². The topological polar surface area (TPSA) is 45.2 Å². The first-order chi connectivity index (χ1) is 11.6. The fraction of sp³-hybridized carbons (Fsp3) is 0.444. The molecule has 0 aliphatic carbocycles. The first kappa shape index (κ1) is 17.0. The van der Waals surface area contributed by atoms with Crippen LogP contribution in [0, 0.1) is 18.7 Å². The van der Waals surface area contributed by atoms with E-state index in [0.717, 1.165) is 42.2 Å². The lowest BCUT2D eigenvalue weighted by molar-refractivity contribution is -0.127. The van der Waals surface area contributed by atoms with Crippen molar-refractivity contribution >= 4 is 17.2 Å². The molecule has 1 aromatic heterocycles. The van der Waals surface area contributed by atoms with Crippen LogP contribution in [0.15, 0.2) is 29.6 Å². The molecule has 6 heteroatoms. The number of thiazole rings is 1. The first-order valence-corrected chi connectivity index (χ1v) is 9.13. The van der Waals surface area contributed by atoms with Crippen molar-refractivity contribution in [1.82, 2.24) is 15.2 Å². The van der Waals surface area contributed by atoms with Crippen molar-refractivity contribution in [1.29, 1.82) is 0 Å². The maximum absolute atomic E-state index is 13.3. The maximum Gasteiger partial charge on any atom is 0.224 e. The highest BCUT2D eigenvalue weighted by Gasteiger charge is 2.25. The van der Waals surface area contributed by atoms with Gasteiger partial charge in [0.25, 0.3) is 0 Å². The van der Waals surface area contributed by atoms with Gasteiger partial charge in [0, 0.05) is 18.5 Å². The van der Waals surface area contributed by atoms with Crippen LogP contribution in [0.5, 0.6) is 0 Å². The van der Waals surface area contributed by atoms with E-state index in [9.17, 15) is 9.18 Å². The molecule has 0 bridgehead atoms. The van der Waals surface area contributed by atoms with Gasteiger partial charge in [-0.3, -0.25) is 9.69 Å². The number of rotatable bonds is 5. The average Bonchev–Trinajstić information content (AvgIpc) is 2.98. The number of nitrogens with zero attached hydrogens (tertiary/aromatic N) is 2. The number of amides is 1. The number of aromatic nitrogens is 1. The summed E-state index contributed by atoms with van der Waals surface area (Å²) in [7, 11) is 0. The molecule has 0 radical (unpaired) electrons. The van der Waals surface area contributed by atoms with E-state index in [4.69, 9.17) is 0 Å². The van der Waals surface area contributed by atoms with E-state index in [1.54, 1.807) is 23.5 Å². The van der Waals surface area contributed by atoms with Crippen molar-refractivity contribution in [3.05, 3.63) is 51.7 Å². The predicted molar refractivity (Wildman–Crippen MR) is 93.1 cm³/mol. The minimum atomic E-state index is -0.211. The zero-order valence-corrected chi connectivity index (χ0v) is 14.6. The van der Waals surface area contributed by atoms with Gasteiger partial charge in [-0.25, -0.2) is 9.37 Å². The van der Waals surface area contributed by atoms with Crippen molar-refractivity contribution < 1.29 is 9.18 Å². The van der Waals surface area contributed by atoms with Crippen molar-refractivity contribution in [2.75, 3.05) is 13.1 Å². The van der Waals surface area contributed by atoms with Crippen LogP contribution in [-0.2, 0) is 17.9 Å². The molecule has 4 nitrogen and oxygen atoms in total. The summed E-state index contributed by atoms with van der Waals surface area (Å²) in [5, 5.41) is 5.99. The Morgan fingerprint density at radius 1 is 1.50 bits per heavy atom. The highest BCUT2D eigenvalue weighted by Crippen LogP contribution is 2.19. The molecule has 1 fully saturated rings. The van der Waals surface area contributed by atoms with E-state index in [1.165, 1.54) is 6.07 Å². The zero-order valence-electron chi connectivity index (χ0n) is 13.8. The third-order valence-electron chi connectivity index (χ3n) is 4.28. The Hall–Kier alpha value is -1.79. The third kappa shape index (κ3) is 4.61. The number of hydrogen-bond acceptors (Lipinski definition) is 4. The minimum absolute atomic E-state index is 0.00737. The number of benzene rings is 1. The summed E-state index contributed by atoms with van der Waals surface area (Å²) in [5.41, 5.74) is 1.87. The second-order valence-corrected chi connectivity index (χ2v) is 7.34. The number of carbonyl (C=O) groups is 1. The lowest BCUT2D eigenvalue weighted by Gasteiger charge is -2.32. The Balaban J connectivity index is 1.51. The molecule has 128 valence electrons. The van der Waals surface area contributed by atoms with Crippen LogP contribution in [0.3, 0.4) is 0 Å². The van der Waals surface area contributed by atoms with Gasteiger partial charge >= 0.3 is 0 Å². The molecule has 1 N–H and O–H groups in total. The minimum Gasteiger partial charge on any atom is -0.350 e. The highest BCUT2D eigenvalue weighted by molar-refractivity contribution is 7.09. The van der Waals surface area contributed by atoms with Crippen LogP contribution < -0.4 is 5.32 Å². The summed E-state index contributed by atoms with van der Waals surface area (Å²) in [6.07, 6.45) is 1.89. The number of halogens is 1. The Bertz CT molecular complexity index is 703. The molecule has 1 saturated heterocycles. The van der Waals surface area contributed by atoms with Gasteiger partial charge in [0.1, 0.15) is 5.82 Å². The van der Waals surface area contributed by atoms with Crippen LogP contribution in [0.25, 0.3) is 0 Å². The largest absolute Gasteiger partial charge is 0.350 e. The standard InChI is InChI=1S/C18H22FN3OS/c1-13-21-17(12-24-13)9-20-18(23)15-5-3-7-22(11-15)10-14-4-2-6-16(19)8-14/h2,4,6,8,12,15H,3,5,7,9-11H2,1H3,(H,20,23)/t15-/m0/s1. The van der Waals surface area contributed by atoms with Crippen molar-refractivity contribution in [2.45, 2.75) is 32.9 Å². The molecule has 1 aliphatic rings. The van der Waals surface area contributed by atoms with Gasteiger partial charge < -0.3 is 5.32 Å². The summed E-state index contributed by atoms with van der Waals surface area (Å²) in [6.45, 7) is 4.81. The average molecular weight is 347 g/mol. The number of carbonyl (C=O) groups excluding carboxylic acids is 1. The second kappa shape index (κ2) is 7.85. The molecule has 3 rings (SSSR count). The number of piperidine rings is 1. The molecule has 1 aliphatic heterocycles. The van der Waals surface area contributed by atoms with Gasteiger partial charge in [-0.05, 0) is 44.0 Å². The van der Waals surface area contributed by atoms with Crippen LogP contribution in [0.4, 0.5) is 4.39 Å². The Kier molecular flexibility index (Phi) is 5.58. The molecule has 1 atom stereocenters. The Morgan fingerprint density at radius 3 is 3.12 bits per heavy atom. The Labute approximate surface area is 145 Å². The van der Waals surface area contributed by atoms with Gasteiger partial charge in [-0.15, -0.1) is 11.3 Å². The van der Waals surface area contributed by atoms with Gasteiger partial charge in [0.05, 0.1) is 23.2 Å². The van der Waals surface area contributed by atoms with Gasteiger partial charge in [-0.2, -0.15) is 0 Å². The zero-order chi connectivity index (χ0) is 16.9. The lowest BCUT2D eigenvalue weighted by atomic mass is 9.96. The normalized spacial score (nSPS) is 18.5. The number of hydrogen-bond donors (Lipinski definition) is 1. The third-order valence-corrected chi connectivity index (χ3v) is 5.10. The number of aryl methyl sites for hydroxylation is 1. The van der Waals surface area contributed by atoms with E-state index >= 15 is 0 Å². The molecular formula is C18H22FN3OS. The maximum atomic E-state index is 13.3. The summed E-state index contributed by atoms with van der Waals surface area (Å²) in [6, 6.07) is 6.68. The summed E-state index contributed by atoms with van der Waals surface area (Å²) in [4.78, 5) is 19.0. The fourth-order valence-electron chi connectivity index (χ4n) is 3.12. The second-order valence-electron chi connectivity index (χ2n) is 6.28. The Morgan fingerprint density at radius 2 is 2.38 bits per heavy atom. The van der Waals surface area contributed by atoms with Gasteiger partial charge in [-0.1, -0.05) is 12.1 Å². The van der Waals surface area contributed by atoms with Crippen molar-refractivity contribution in [2.24, 2.45) is 5.92 Å². The molecule has 1 aromatic carbocycles. The van der Waals surface area contributed by atoms with Crippen LogP contribution in [-0.4, -0.2) is 28.9 Å². The molecule has 0 saturated carbocycles. The monoisotopic (exact) mass is 347 g/mol. The first-order valence-electron chi connectivity index (χ1n) is 8.25. The molecular weight excluding hydrogens is 325 g/mol. The predicted octanol–water partition coefficient (Wildman–Crippen LogP) is 3.12. The SMILES string of the molecule is Cc1nc(CNC(=O)[C@H]2CCCN(Cc3cccc(F)c3)C2)cs1. The van der Waals surface area contributed by atoms with E-state index in [0.29, 0.717) is 13.1 Å².